The molecule has 5 heteroatoms. The maximum Gasteiger partial charge on any atom is 0.335 e. The van der Waals surface area contributed by atoms with E-state index in [1.165, 1.54) is 0 Å². The van der Waals surface area contributed by atoms with Crippen LogP contribution in [0.1, 0.15) is 10.4 Å². The van der Waals surface area contributed by atoms with Crippen LogP contribution in [0.25, 0.3) is 0 Å². The summed E-state index contributed by atoms with van der Waals surface area (Å²) in [4.78, 5) is 10.7. The van der Waals surface area contributed by atoms with Crippen molar-refractivity contribution >= 4 is 27.6 Å². The van der Waals surface area contributed by atoms with Crippen molar-refractivity contribution < 1.29 is 14.6 Å². The van der Waals surface area contributed by atoms with Crippen LogP contribution in [0.2, 0.25) is 0 Å². The third kappa shape index (κ3) is 4.28. The lowest BCUT2D eigenvalue weighted by Gasteiger charge is -2.09. The van der Waals surface area contributed by atoms with E-state index in [0.29, 0.717) is 13.2 Å². The quantitative estimate of drug-likeness (QED) is 0.791. The molecule has 0 saturated carbocycles. The molecule has 0 fully saturated rings. The summed E-state index contributed by atoms with van der Waals surface area (Å²) in [7, 11) is 0. The Labute approximate surface area is 125 Å². The van der Waals surface area contributed by atoms with Crippen LogP contribution in [0.4, 0.5) is 5.69 Å². The van der Waals surface area contributed by atoms with E-state index < -0.39 is 5.97 Å². The molecular formula is C15H14BrNO3. The fourth-order valence-electron chi connectivity index (χ4n) is 1.63. The molecule has 0 heterocycles. The van der Waals surface area contributed by atoms with E-state index in [-0.39, 0.29) is 5.56 Å². The predicted octanol–water partition coefficient (Wildman–Crippen LogP) is 3.64. The van der Waals surface area contributed by atoms with Crippen LogP contribution in [0.3, 0.4) is 0 Å². The van der Waals surface area contributed by atoms with E-state index >= 15 is 0 Å². The van der Waals surface area contributed by atoms with E-state index in [0.717, 1.165) is 15.9 Å². The van der Waals surface area contributed by atoms with E-state index in [2.05, 4.69) is 21.2 Å². The van der Waals surface area contributed by atoms with Gasteiger partial charge < -0.3 is 15.2 Å². The molecule has 4 nitrogen and oxygen atoms in total. The number of nitrogens with one attached hydrogen (secondary N) is 1. The van der Waals surface area contributed by atoms with Crippen molar-refractivity contribution in [3.05, 3.63) is 58.6 Å². The highest BCUT2D eigenvalue weighted by Gasteiger charge is 2.01. The lowest BCUT2D eigenvalue weighted by atomic mass is 10.2. The molecule has 2 rings (SSSR count). The highest BCUT2D eigenvalue weighted by Crippen LogP contribution is 2.16. The minimum absolute atomic E-state index is 0.279. The molecule has 0 radical (unpaired) electrons. The molecule has 0 aliphatic carbocycles. The average molecular weight is 336 g/mol. The number of carboxylic acids is 1. The van der Waals surface area contributed by atoms with Crippen molar-refractivity contribution in [3.8, 4) is 5.75 Å². The van der Waals surface area contributed by atoms with Gasteiger partial charge in [0.1, 0.15) is 12.4 Å². The highest BCUT2D eigenvalue weighted by atomic mass is 79.9. The zero-order valence-electron chi connectivity index (χ0n) is 10.7. The third-order valence-corrected chi connectivity index (χ3v) is 3.17. The molecular weight excluding hydrogens is 322 g/mol. The van der Waals surface area contributed by atoms with Gasteiger partial charge in [-0.2, -0.15) is 0 Å². The van der Waals surface area contributed by atoms with Crippen molar-refractivity contribution in [3.63, 3.8) is 0 Å². The Morgan fingerprint density at radius 3 is 2.35 bits per heavy atom. The second-order valence-corrected chi connectivity index (χ2v) is 5.03. The zero-order valence-corrected chi connectivity index (χ0v) is 12.3. The first-order valence-corrected chi connectivity index (χ1v) is 6.90. The van der Waals surface area contributed by atoms with Gasteiger partial charge in [-0.05, 0) is 48.5 Å². The number of anilines is 1. The van der Waals surface area contributed by atoms with Crippen LogP contribution in [-0.2, 0) is 0 Å². The minimum Gasteiger partial charge on any atom is -0.492 e. The lowest BCUT2D eigenvalue weighted by molar-refractivity contribution is 0.0697. The Morgan fingerprint density at radius 2 is 1.75 bits per heavy atom. The Morgan fingerprint density at radius 1 is 1.10 bits per heavy atom. The molecule has 0 aliphatic heterocycles. The molecule has 0 unspecified atom stereocenters. The molecule has 104 valence electrons. The van der Waals surface area contributed by atoms with Crippen molar-refractivity contribution in [1.82, 2.24) is 0 Å². The van der Waals surface area contributed by atoms with Gasteiger partial charge in [0.15, 0.2) is 0 Å². The second-order valence-electron chi connectivity index (χ2n) is 4.11. The number of rotatable bonds is 6. The first-order chi connectivity index (χ1) is 9.65. The van der Waals surface area contributed by atoms with Gasteiger partial charge in [0, 0.05) is 16.7 Å². The Kier molecular flexibility index (Phi) is 5.01. The number of benzene rings is 2. The molecule has 0 aliphatic rings. The summed E-state index contributed by atoms with van der Waals surface area (Å²) in [6, 6.07) is 14.3. The summed E-state index contributed by atoms with van der Waals surface area (Å²) in [5.74, 6) is -0.105. The number of carbonyl (C=O) groups is 1. The summed E-state index contributed by atoms with van der Waals surface area (Å²) in [5.41, 5.74) is 1.15. The predicted molar refractivity (Wildman–Crippen MR) is 81.5 cm³/mol. The van der Waals surface area contributed by atoms with Gasteiger partial charge in [-0.25, -0.2) is 4.79 Å². The topological polar surface area (TPSA) is 58.6 Å². The molecule has 0 amide bonds. The number of carboxylic acid groups (broad SMARTS) is 1. The van der Waals surface area contributed by atoms with Crippen molar-refractivity contribution in [2.45, 2.75) is 0 Å². The van der Waals surface area contributed by atoms with Gasteiger partial charge in [-0.3, -0.25) is 0 Å². The van der Waals surface area contributed by atoms with Crippen molar-refractivity contribution in [2.75, 3.05) is 18.5 Å². The van der Waals surface area contributed by atoms with Crippen LogP contribution in [-0.4, -0.2) is 24.2 Å². The number of ether oxygens (including phenoxy) is 1. The van der Waals surface area contributed by atoms with E-state index in [1.54, 1.807) is 24.3 Å². The first-order valence-electron chi connectivity index (χ1n) is 6.11. The zero-order chi connectivity index (χ0) is 14.4. The Hall–Kier alpha value is -2.01. The number of hydrogen-bond donors (Lipinski definition) is 2. The minimum atomic E-state index is -0.921. The molecule has 0 aromatic heterocycles. The van der Waals surface area contributed by atoms with Crippen LogP contribution in [0, 0.1) is 0 Å². The Bertz CT molecular complexity index is 567. The standard InChI is InChI=1S/C15H14BrNO3/c16-12-3-7-14(8-4-12)20-10-9-17-13-5-1-11(2-6-13)15(18)19/h1-8,17H,9-10H2,(H,18,19). The highest BCUT2D eigenvalue weighted by molar-refractivity contribution is 9.10. The molecule has 0 atom stereocenters. The van der Waals surface area contributed by atoms with E-state index in [4.69, 9.17) is 9.84 Å². The summed E-state index contributed by atoms with van der Waals surface area (Å²) in [6.07, 6.45) is 0. The normalized spacial score (nSPS) is 10.1. The molecule has 0 bridgehead atoms. The van der Waals surface area contributed by atoms with Gasteiger partial charge in [0.25, 0.3) is 0 Å². The Balaban J connectivity index is 1.75. The molecule has 20 heavy (non-hydrogen) atoms. The van der Waals surface area contributed by atoms with Gasteiger partial charge in [-0.1, -0.05) is 15.9 Å². The van der Waals surface area contributed by atoms with Gasteiger partial charge >= 0.3 is 5.97 Å². The monoisotopic (exact) mass is 335 g/mol. The van der Waals surface area contributed by atoms with Gasteiger partial charge in [0.2, 0.25) is 0 Å². The maximum atomic E-state index is 10.7. The smallest absolute Gasteiger partial charge is 0.335 e. The van der Waals surface area contributed by atoms with Gasteiger partial charge in [-0.15, -0.1) is 0 Å². The van der Waals surface area contributed by atoms with Crippen molar-refractivity contribution in [2.24, 2.45) is 0 Å². The number of aromatic carboxylic acids is 1. The SMILES string of the molecule is O=C(O)c1ccc(NCCOc2ccc(Br)cc2)cc1. The summed E-state index contributed by atoms with van der Waals surface area (Å²) < 4.78 is 6.58. The summed E-state index contributed by atoms with van der Waals surface area (Å²) in [5, 5.41) is 12.0. The van der Waals surface area contributed by atoms with Crippen LogP contribution in [0.15, 0.2) is 53.0 Å². The fraction of sp³-hybridized carbons (Fsp3) is 0.133. The lowest BCUT2D eigenvalue weighted by Crippen LogP contribution is -2.11. The molecule has 0 spiro atoms. The van der Waals surface area contributed by atoms with Crippen LogP contribution in [0.5, 0.6) is 5.75 Å². The molecule has 2 aromatic carbocycles. The van der Waals surface area contributed by atoms with Gasteiger partial charge in [0.05, 0.1) is 5.56 Å². The molecule has 2 N–H and O–H groups in total. The first kappa shape index (κ1) is 14.4. The summed E-state index contributed by atoms with van der Waals surface area (Å²) in [6.45, 7) is 1.17. The van der Waals surface area contributed by atoms with Crippen LogP contribution >= 0.6 is 15.9 Å². The number of halogens is 1. The van der Waals surface area contributed by atoms with E-state index in [1.807, 2.05) is 24.3 Å². The third-order valence-electron chi connectivity index (χ3n) is 2.65. The number of hydrogen-bond acceptors (Lipinski definition) is 3. The van der Waals surface area contributed by atoms with Crippen LogP contribution < -0.4 is 10.1 Å². The average Bonchev–Trinajstić information content (AvgIpc) is 2.46. The summed E-state index contributed by atoms with van der Waals surface area (Å²) >= 11 is 3.36. The second kappa shape index (κ2) is 6.96. The maximum absolute atomic E-state index is 10.7. The molecule has 0 saturated heterocycles. The fourth-order valence-corrected chi connectivity index (χ4v) is 1.89. The van der Waals surface area contributed by atoms with E-state index in [9.17, 15) is 4.79 Å². The molecule has 2 aromatic rings. The largest absolute Gasteiger partial charge is 0.492 e. The van der Waals surface area contributed by atoms with Crippen molar-refractivity contribution in [1.29, 1.82) is 0 Å².